The van der Waals surface area contributed by atoms with E-state index in [0.29, 0.717) is 11.7 Å². The number of anilines is 2. The fourth-order valence-electron chi connectivity index (χ4n) is 2.65. The average molecular weight is 329 g/mol. The third kappa shape index (κ3) is 3.27. The number of aromatic nitrogens is 1. The Morgan fingerprint density at radius 2 is 2.09 bits per heavy atom. The van der Waals surface area contributed by atoms with Crippen molar-refractivity contribution < 1.29 is 9.59 Å². The molecule has 0 spiro atoms. The Balaban J connectivity index is 1.71. The first-order valence-corrected chi connectivity index (χ1v) is 8.36. The van der Waals surface area contributed by atoms with Gasteiger partial charge in [0.25, 0.3) is 0 Å². The molecule has 5 nitrogen and oxygen atoms in total. The normalized spacial score (nSPS) is 17.6. The van der Waals surface area contributed by atoms with Gasteiger partial charge in [-0.1, -0.05) is 6.07 Å². The average Bonchev–Trinajstić information content (AvgIpc) is 3.08. The molecule has 1 aliphatic heterocycles. The minimum Gasteiger partial charge on any atom is -0.312 e. The molecule has 120 valence electrons. The van der Waals surface area contributed by atoms with Crippen LogP contribution in [0.4, 0.5) is 10.8 Å². The number of hydrogen-bond donors (Lipinski definition) is 1. The molecule has 2 heterocycles. The maximum Gasteiger partial charge on any atom is 0.231 e. The number of thiazole rings is 1. The molecule has 23 heavy (non-hydrogen) atoms. The summed E-state index contributed by atoms with van der Waals surface area (Å²) in [5.74, 6) is -0.490. The second-order valence-corrected chi connectivity index (χ2v) is 7.17. The van der Waals surface area contributed by atoms with Crippen molar-refractivity contribution in [2.75, 3.05) is 16.8 Å². The second-order valence-electron chi connectivity index (χ2n) is 5.94. The molecule has 1 aromatic carbocycles. The molecule has 6 heteroatoms. The highest BCUT2D eigenvalue weighted by Crippen LogP contribution is 2.28. The Bertz CT molecular complexity index is 769. The van der Waals surface area contributed by atoms with E-state index in [2.05, 4.69) is 10.3 Å². The third-order valence-electron chi connectivity index (χ3n) is 4.15. The first-order chi connectivity index (χ1) is 10.9. The van der Waals surface area contributed by atoms with E-state index in [-0.39, 0.29) is 24.2 Å². The van der Waals surface area contributed by atoms with Crippen LogP contribution in [0.2, 0.25) is 0 Å². The van der Waals surface area contributed by atoms with Gasteiger partial charge in [0, 0.05) is 29.7 Å². The molecule has 0 unspecified atom stereocenters. The van der Waals surface area contributed by atoms with Gasteiger partial charge in [0.15, 0.2) is 5.13 Å². The first kappa shape index (κ1) is 15.7. The molecule has 3 rings (SSSR count). The molecule has 1 atom stereocenters. The van der Waals surface area contributed by atoms with Crippen LogP contribution in [0.15, 0.2) is 24.4 Å². The monoisotopic (exact) mass is 329 g/mol. The lowest BCUT2D eigenvalue weighted by Crippen LogP contribution is -2.28. The lowest BCUT2D eigenvalue weighted by Gasteiger charge is -2.17. The van der Waals surface area contributed by atoms with Crippen LogP contribution >= 0.6 is 11.3 Å². The van der Waals surface area contributed by atoms with Gasteiger partial charge in [-0.25, -0.2) is 4.98 Å². The molecule has 1 saturated heterocycles. The smallest absolute Gasteiger partial charge is 0.231 e. The zero-order chi connectivity index (χ0) is 16.6. The SMILES string of the molecule is Cc1cnc(NC(=O)[C@H]2CC(=O)N(c3ccc(C)c(C)c3)C2)s1. The van der Waals surface area contributed by atoms with Gasteiger partial charge < -0.3 is 10.2 Å². The van der Waals surface area contributed by atoms with Gasteiger partial charge in [-0.15, -0.1) is 11.3 Å². The molecule has 0 radical (unpaired) electrons. The number of amides is 2. The topological polar surface area (TPSA) is 62.3 Å². The molecule has 0 bridgehead atoms. The van der Waals surface area contributed by atoms with Crippen molar-refractivity contribution in [3.05, 3.63) is 40.4 Å². The van der Waals surface area contributed by atoms with E-state index < -0.39 is 0 Å². The van der Waals surface area contributed by atoms with Crippen molar-refractivity contribution >= 4 is 34.0 Å². The zero-order valence-electron chi connectivity index (χ0n) is 13.4. The van der Waals surface area contributed by atoms with Crippen molar-refractivity contribution in [2.24, 2.45) is 5.92 Å². The fourth-order valence-corrected chi connectivity index (χ4v) is 3.31. The number of carbonyl (C=O) groups excluding carboxylic acids is 2. The summed E-state index contributed by atoms with van der Waals surface area (Å²) in [6.45, 7) is 6.41. The highest BCUT2D eigenvalue weighted by molar-refractivity contribution is 7.15. The predicted molar refractivity (Wildman–Crippen MR) is 91.9 cm³/mol. The Kier molecular flexibility index (Phi) is 4.17. The van der Waals surface area contributed by atoms with E-state index in [1.165, 1.54) is 16.9 Å². The van der Waals surface area contributed by atoms with E-state index >= 15 is 0 Å². The van der Waals surface area contributed by atoms with Gasteiger partial charge in [0.1, 0.15) is 0 Å². The van der Waals surface area contributed by atoms with Gasteiger partial charge in [0.2, 0.25) is 11.8 Å². The lowest BCUT2D eigenvalue weighted by atomic mass is 10.1. The van der Waals surface area contributed by atoms with Crippen molar-refractivity contribution in [1.29, 1.82) is 0 Å². The highest BCUT2D eigenvalue weighted by Gasteiger charge is 2.35. The zero-order valence-corrected chi connectivity index (χ0v) is 14.2. The minimum absolute atomic E-state index is 0.0104. The summed E-state index contributed by atoms with van der Waals surface area (Å²) in [5.41, 5.74) is 3.19. The van der Waals surface area contributed by atoms with Crippen LogP contribution in [0, 0.1) is 26.7 Å². The van der Waals surface area contributed by atoms with Crippen LogP contribution < -0.4 is 10.2 Å². The Labute approximate surface area is 139 Å². The number of aryl methyl sites for hydroxylation is 3. The quantitative estimate of drug-likeness (QED) is 0.941. The van der Waals surface area contributed by atoms with Crippen LogP contribution in [-0.2, 0) is 9.59 Å². The van der Waals surface area contributed by atoms with Gasteiger partial charge in [-0.05, 0) is 44.0 Å². The second kappa shape index (κ2) is 6.12. The van der Waals surface area contributed by atoms with Crippen LogP contribution in [0.5, 0.6) is 0 Å². The van der Waals surface area contributed by atoms with Gasteiger partial charge >= 0.3 is 0 Å². The van der Waals surface area contributed by atoms with E-state index in [4.69, 9.17) is 0 Å². The van der Waals surface area contributed by atoms with Gasteiger partial charge in [-0.2, -0.15) is 0 Å². The van der Waals surface area contributed by atoms with Crippen molar-refractivity contribution in [3.8, 4) is 0 Å². The molecule has 1 aromatic heterocycles. The number of nitrogens with zero attached hydrogens (tertiary/aromatic N) is 2. The summed E-state index contributed by atoms with van der Waals surface area (Å²) in [6.07, 6.45) is 1.96. The summed E-state index contributed by atoms with van der Waals surface area (Å²) >= 11 is 1.43. The van der Waals surface area contributed by atoms with E-state index in [9.17, 15) is 9.59 Å². The summed E-state index contributed by atoms with van der Waals surface area (Å²) in [6, 6.07) is 5.94. The lowest BCUT2D eigenvalue weighted by molar-refractivity contribution is -0.122. The van der Waals surface area contributed by atoms with E-state index in [1.54, 1.807) is 11.1 Å². The summed E-state index contributed by atoms with van der Waals surface area (Å²) in [5, 5.41) is 3.39. The Morgan fingerprint density at radius 3 is 2.74 bits per heavy atom. The van der Waals surface area contributed by atoms with E-state index in [0.717, 1.165) is 16.1 Å². The highest BCUT2D eigenvalue weighted by atomic mass is 32.1. The largest absolute Gasteiger partial charge is 0.312 e. The molecule has 2 aromatic rings. The molecule has 1 aliphatic rings. The van der Waals surface area contributed by atoms with Crippen molar-refractivity contribution in [1.82, 2.24) is 4.98 Å². The molecule has 2 amide bonds. The van der Waals surface area contributed by atoms with Crippen LogP contribution in [-0.4, -0.2) is 23.3 Å². The number of benzene rings is 1. The summed E-state index contributed by atoms with van der Waals surface area (Å²) < 4.78 is 0. The molecule has 1 fully saturated rings. The van der Waals surface area contributed by atoms with Crippen molar-refractivity contribution in [2.45, 2.75) is 27.2 Å². The van der Waals surface area contributed by atoms with Gasteiger partial charge in [0.05, 0.1) is 5.92 Å². The Morgan fingerprint density at radius 1 is 1.30 bits per heavy atom. The standard InChI is InChI=1S/C17H19N3O2S/c1-10-4-5-14(6-11(10)2)20-9-13(7-15(20)21)16(22)19-17-18-8-12(3)23-17/h4-6,8,13H,7,9H2,1-3H3,(H,18,19,22)/t13-/m0/s1. The van der Waals surface area contributed by atoms with E-state index in [1.807, 2.05) is 39.0 Å². The Hall–Kier alpha value is -2.21. The molecule has 0 aliphatic carbocycles. The first-order valence-electron chi connectivity index (χ1n) is 7.55. The number of carbonyl (C=O) groups is 2. The number of nitrogens with one attached hydrogen (secondary N) is 1. The minimum atomic E-state index is -0.340. The number of hydrogen-bond acceptors (Lipinski definition) is 4. The van der Waals surface area contributed by atoms with Crippen LogP contribution in [0.3, 0.4) is 0 Å². The van der Waals surface area contributed by atoms with Crippen LogP contribution in [0.1, 0.15) is 22.4 Å². The maximum atomic E-state index is 12.3. The maximum absolute atomic E-state index is 12.3. The van der Waals surface area contributed by atoms with Crippen LogP contribution in [0.25, 0.3) is 0 Å². The molecular weight excluding hydrogens is 310 g/mol. The number of rotatable bonds is 3. The fraction of sp³-hybridized carbons (Fsp3) is 0.353. The third-order valence-corrected chi connectivity index (χ3v) is 4.98. The molecular formula is C17H19N3O2S. The summed E-state index contributed by atoms with van der Waals surface area (Å²) in [7, 11) is 0. The molecule has 0 saturated carbocycles. The van der Waals surface area contributed by atoms with Gasteiger partial charge in [-0.3, -0.25) is 9.59 Å². The molecule has 1 N–H and O–H groups in total. The van der Waals surface area contributed by atoms with Crippen molar-refractivity contribution in [3.63, 3.8) is 0 Å². The predicted octanol–water partition coefficient (Wildman–Crippen LogP) is 3.06. The summed E-state index contributed by atoms with van der Waals surface area (Å²) in [4.78, 5) is 31.5.